The molecule has 2 bridgehead atoms. The van der Waals surface area contributed by atoms with Crippen LogP contribution >= 0.6 is 0 Å². The lowest BCUT2D eigenvalue weighted by Crippen LogP contribution is -2.43. The number of carbonyl (C=O) groups excluding carboxylic acids is 1. The van der Waals surface area contributed by atoms with E-state index in [4.69, 9.17) is 9.47 Å². The van der Waals surface area contributed by atoms with Gasteiger partial charge < -0.3 is 9.47 Å². The highest BCUT2D eigenvalue weighted by Crippen LogP contribution is 2.35. The molecule has 2 saturated heterocycles. The van der Waals surface area contributed by atoms with Gasteiger partial charge in [0.2, 0.25) is 0 Å². The lowest BCUT2D eigenvalue weighted by molar-refractivity contribution is -0.141. The normalized spacial score (nSPS) is 26.3. The molecule has 0 saturated carbocycles. The summed E-state index contributed by atoms with van der Waals surface area (Å²) in [5.41, 5.74) is 1.16. The van der Waals surface area contributed by atoms with Crippen molar-refractivity contribution in [3.63, 3.8) is 0 Å². The van der Waals surface area contributed by atoms with Crippen LogP contribution in [0.2, 0.25) is 0 Å². The molecule has 126 valence electrons. The second-order valence-electron chi connectivity index (χ2n) is 6.81. The number of fused-ring (bicyclic) bond motifs is 2. The maximum Gasteiger partial charge on any atom is 0.319 e. The summed E-state index contributed by atoms with van der Waals surface area (Å²) >= 11 is 0. The fraction of sp³-hybridized carbons (Fsp3) is 0.611. The Morgan fingerprint density at radius 1 is 1.35 bits per heavy atom. The highest BCUT2D eigenvalue weighted by Gasteiger charge is 2.42. The SMILES string of the molecule is COC(=O)CN(C)Cc1cccc(OC23CCCN(CC2)C3)c1. The molecular weight excluding hydrogens is 292 g/mol. The largest absolute Gasteiger partial charge is 0.486 e. The van der Waals surface area contributed by atoms with Crippen LogP contribution in [0.1, 0.15) is 24.8 Å². The van der Waals surface area contributed by atoms with Crippen LogP contribution in [0.15, 0.2) is 24.3 Å². The molecule has 0 aliphatic carbocycles. The van der Waals surface area contributed by atoms with Gasteiger partial charge in [-0.1, -0.05) is 12.1 Å². The van der Waals surface area contributed by atoms with Gasteiger partial charge in [0.25, 0.3) is 0 Å². The van der Waals surface area contributed by atoms with E-state index >= 15 is 0 Å². The van der Waals surface area contributed by atoms with Crippen molar-refractivity contribution in [1.29, 1.82) is 0 Å². The highest BCUT2D eigenvalue weighted by atomic mass is 16.5. The molecule has 0 N–H and O–H groups in total. The molecule has 1 aromatic carbocycles. The molecule has 2 fully saturated rings. The molecule has 1 aromatic rings. The van der Waals surface area contributed by atoms with Crippen molar-refractivity contribution in [2.24, 2.45) is 0 Å². The summed E-state index contributed by atoms with van der Waals surface area (Å²) in [6, 6.07) is 8.23. The number of rotatable bonds is 6. The van der Waals surface area contributed by atoms with Crippen molar-refractivity contribution in [2.75, 3.05) is 40.3 Å². The van der Waals surface area contributed by atoms with Crippen molar-refractivity contribution >= 4 is 5.97 Å². The number of esters is 1. The molecule has 23 heavy (non-hydrogen) atoms. The molecule has 2 aliphatic heterocycles. The van der Waals surface area contributed by atoms with Crippen LogP contribution in [0.3, 0.4) is 0 Å². The maximum absolute atomic E-state index is 11.3. The van der Waals surface area contributed by atoms with E-state index in [9.17, 15) is 4.79 Å². The van der Waals surface area contributed by atoms with E-state index in [1.165, 1.54) is 20.1 Å². The van der Waals surface area contributed by atoms with E-state index in [1.54, 1.807) is 0 Å². The van der Waals surface area contributed by atoms with Gasteiger partial charge in [-0.2, -0.15) is 0 Å². The second-order valence-corrected chi connectivity index (χ2v) is 6.81. The second kappa shape index (κ2) is 6.89. The molecule has 0 amide bonds. The minimum Gasteiger partial charge on any atom is -0.486 e. The molecule has 3 rings (SSSR count). The molecule has 0 radical (unpaired) electrons. The number of methoxy groups -OCH3 is 1. The van der Waals surface area contributed by atoms with Gasteiger partial charge in [-0.3, -0.25) is 14.6 Å². The Morgan fingerprint density at radius 3 is 3.04 bits per heavy atom. The zero-order valence-electron chi connectivity index (χ0n) is 14.1. The van der Waals surface area contributed by atoms with Gasteiger partial charge in [0, 0.05) is 26.1 Å². The molecule has 0 aromatic heterocycles. The Labute approximate surface area is 138 Å². The Balaban J connectivity index is 1.62. The molecule has 2 heterocycles. The summed E-state index contributed by atoms with van der Waals surface area (Å²) in [5.74, 6) is 0.727. The number of carbonyl (C=O) groups is 1. The zero-order valence-corrected chi connectivity index (χ0v) is 14.1. The van der Waals surface area contributed by atoms with E-state index in [2.05, 4.69) is 17.0 Å². The highest BCUT2D eigenvalue weighted by molar-refractivity contribution is 5.71. The number of likely N-dealkylation sites (N-methyl/N-ethyl adjacent to an activating group) is 1. The Morgan fingerprint density at radius 2 is 2.22 bits per heavy atom. The Bertz CT molecular complexity index is 559. The van der Waals surface area contributed by atoms with Gasteiger partial charge >= 0.3 is 5.97 Å². The molecule has 5 heteroatoms. The first kappa shape index (κ1) is 16.3. The van der Waals surface area contributed by atoms with Gasteiger partial charge in [-0.25, -0.2) is 0 Å². The fourth-order valence-electron chi connectivity index (χ4n) is 3.69. The number of hydrogen-bond acceptors (Lipinski definition) is 5. The standard InChI is InChI=1S/C18H26N2O3/c1-19(13-17(21)22-2)12-15-5-3-6-16(11-15)23-18-7-4-9-20(14-18)10-8-18/h3,5-6,11H,4,7-10,12-14H2,1-2H3. The number of benzene rings is 1. The topological polar surface area (TPSA) is 42.0 Å². The lowest BCUT2D eigenvalue weighted by atomic mass is 9.94. The van der Waals surface area contributed by atoms with Crippen LogP contribution in [-0.2, 0) is 16.1 Å². The van der Waals surface area contributed by atoms with E-state index in [0.29, 0.717) is 13.1 Å². The maximum atomic E-state index is 11.3. The van der Waals surface area contributed by atoms with Crippen LogP contribution in [0.25, 0.3) is 0 Å². The van der Waals surface area contributed by atoms with Crippen molar-refractivity contribution < 1.29 is 14.3 Å². The smallest absolute Gasteiger partial charge is 0.319 e. The van der Waals surface area contributed by atoms with Crippen molar-refractivity contribution in [3.8, 4) is 5.75 Å². The predicted molar refractivity (Wildman–Crippen MR) is 88.4 cm³/mol. The first-order valence-electron chi connectivity index (χ1n) is 8.34. The first-order chi connectivity index (χ1) is 11.1. The lowest BCUT2D eigenvalue weighted by Gasteiger charge is -2.34. The van der Waals surface area contributed by atoms with Crippen molar-refractivity contribution in [1.82, 2.24) is 9.80 Å². The third kappa shape index (κ3) is 4.03. The molecule has 2 aliphatic rings. The van der Waals surface area contributed by atoms with Gasteiger partial charge in [-0.15, -0.1) is 0 Å². The summed E-state index contributed by atoms with van der Waals surface area (Å²) < 4.78 is 11.1. The van der Waals surface area contributed by atoms with E-state index in [0.717, 1.165) is 37.2 Å². The Hall–Kier alpha value is -1.59. The molecule has 2 atom stereocenters. The third-order valence-electron chi connectivity index (χ3n) is 4.81. The third-order valence-corrected chi connectivity index (χ3v) is 4.81. The van der Waals surface area contributed by atoms with Crippen LogP contribution in [0, 0.1) is 0 Å². The number of piperidine rings is 1. The van der Waals surface area contributed by atoms with Gasteiger partial charge in [0.1, 0.15) is 11.4 Å². The minimum absolute atomic E-state index is 0.00872. The summed E-state index contributed by atoms with van der Waals surface area (Å²) in [6.07, 6.45) is 3.50. The van der Waals surface area contributed by atoms with E-state index in [1.807, 2.05) is 24.1 Å². The monoisotopic (exact) mass is 318 g/mol. The van der Waals surface area contributed by atoms with Gasteiger partial charge in [0.05, 0.1) is 13.7 Å². The van der Waals surface area contributed by atoms with Gasteiger partial charge in [0.15, 0.2) is 0 Å². The van der Waals surface area contributed by atoms with Crippen molar-refractivity contribution in [2.45, 2.75) is 31.4 Å². The summed E-state index contributed by atoms with van der Waals surface area (Å²) in [5, 5.41) is 0. The Kier molecular flexibility index (Phi) is 4.87. The quantitative estimate of drug-likeness (QED) is 0.750. The van der Waals surface area contributed by atoms with E-state index in [-0.39, 0.29) is 11.6 Å². The number of hydrogen-bond donors (Lipinski definition) is 0. The predicted octanol–water partition coefficient (Wildman–Crippen LogP) is 1.91. The summed E-state index contributed by atoms with van der Waals surface area (Å²) in [6.45, 7) is 4.41. The van der Waals surface area contributed by atoms with Crippen LogP contribution in [0.5, 0.6) is 5.75 Å². The van der Waals surface area contributed by atoms with E-state index < -0.39 is 0 Å². The first-order valence-corrected chi connectivity index (χ1v) is 8.34. The van der Waals surface area contributed by atoms with Crippen LogP contribution in [-0.4, -0.2) is 61.7 Å². The fourth-order valence-corrected chi connectivity index (χ4v) is 3.69. The number of nitrogens with zero attached hydrogens (tertiary/aromatic N) is 2. The minimum atomic E-state index is -0.216. The van der Waals surface area contributed by atoms with Crippen LogP contribution < -0.4 is 4.74 Å². The number of ether oxygens (including phenoxy) is 2. The average Bonchev–Trinajstić information content (AvgIpc) is 2.81. The molecule has 5 nitrogen and oxygen atoms in total. The van der Waals surface area contributed by atoms with Crippen molar-refractivity contribution in [3.05, 3.63) is 29.8 Å². The van der Waals surface area contributed by atoms with Gasteiger partial charge in [-0.05, 0) is 44.1 Å². The summed E-state index contributed by atoms with van der Waals surface area (Å²) in [7, 11) is 3.33. The summed E-state index contributed by atoms with van der Waals surface area (Å²) in [4.78, 5) is 15.8. The molecule has 0 spiro atoms. The van der Waals surface area contributed by atoms with Crippen LogP contribution in [0.4, 0.5) is 0 Å². The molecule has 2 unspecified atom stereocenters. The molecular formula is C18H26N2O3. The average molecular weight is 318 g/mol. The zero-order chi connectivity index (χ0) is 16.3.